The largest absolute Gasteiger partial charge is 0.469 e. The Hall–Kier alpha value is -1.59. The van der Waals surface area contributed by atoms with Gasteiger partial charge in [-0.25, -0.2) is 0 Å². The summed E-state index contributed by atoms with van der Waals surface area (Å²) in [6, 6.07) is 15.9. The van der Waals surface area contributed by atoms with Gasteiger partial charge in [-0.05, 0) is 61.7 Å². The van der Waals surface area contributed by atoms with Gasteiger partial charge in [0.1, 0.15) is 6.10 Å². The number of carbonyl (C=O) groups excluding carboxylic acids is 1. The number of nitrogens with zero attached hydrogens (tertiary/aromatic N) is 1. The third-order valence-electron chi connectivity index (χ3n) is 6.34. The third-order valence-corrected chi connectivity index (χ3v) is 6.85. The van der Waals surface area contributed by atoms with Crippen LogP contribution in [0.1, 0.15) is 36.5 Å². The van der Waals surface area contributed by atoms with Crippen molar-refractivity contribution in [3.63, 3.8) is 0 Å². The number of piperidine rings is 1. The van der Waals surface area contributed by atoms with Crippen molar-refractivity contribution in [2.75, 3.05) is 14.2 Å². The molecule has 2 heterocycles. The Bertz CT molecular complexity index is 810. The number of hydrogen-bond donors (Lipinski definition) is 0. The van der Waals surface area contributed by atoms with Gasteiger partial charge in [-0.3, -0.25) is 9.69 Å². The minimum Gasteiger partial charge on any atom is -0.469 e. The first-order valence-corrected chi connectivity index (χ1v) is 10.7. The van der Waals surface area contributed by atoms with E-state index in [-0.39, 0.29) is 30.1 Å². The molecule has 4 rings (SSSR count). The number of ether oxygens (including phenoxy) is 2. The first-order chi connectivity index (χ1) is 14.0. The van der Waals surface area contributed by atoms with E-state index in [4.69, 9.17) is 32.7 Å². The summed E-state index contributed by atoms with van der Waals surface area (Å²) in [5.41, 5.74) is 1.98. The number of halogens is 2. The molecule has 2 aromatic carbocycles. The molecule has 0 aliphatic carbocycles. The van der Waals surface area contributed by atoms with Crippen molar-refractivity contribution >= 4 is 29.2 Å². The molecule has 0 aromatic heterocycles. The van der Waals surface area contributed by atoms with Gasteiger partial charge in [0.2, 0.25) is 0 Å². The number of methoxy groups -OCH3 is 1. The van der Waals surface area contributed by atoms with Crippen LogP contribution < -0.4 is 0 Å². The van der Waals surface area contributed by atoms with Crippen molar-refractivity contribution in [2.24, 2.45) is 5.92 Å². The van der Waals surface area contributed by atoms with Crippen molar-refractivity contribution in [1.29, 1.82) is 0 Å². The molecular weight excluding hydrogens is 409 g/mol. The molecule has 4 nitrogen and oxygen atoms in total. The molecule has 2 bridgehead atoms. The molecule has 0 radical (unpaired) electrons. The molecule has 2 fully saturated rings. The Morgan fingerprint density at radius 2 is 1.55 bits per heavy atom. The number of hydrogen-bond acceptors (Lipinski definition) is 4. The molecule has 2 unspecified atom stereocenters. The van der Waals surface area contributed by atoms with E-state index >= 15 is 0 Å². The number of fused-ring (bicyclic) bond motifs is 2. The predicted molar refractivity (Wildman–Crippen MR) is 114 cm³/mol. The number of esters is 1. The van der Waals surface area contributed by atoms with Gasteiger partial charge in [0.05, 0.1) is 19.1 Å². The van der Waals surface area contributed by atoms with E-state index in [0.717, 1.165) is 30.4 Å². The summed E-state index contributed by atoms with van der Waals surface area (Å²) >= 11 is 12.2. The fourth-order valence-corrected chi connectivity index (χ4v) is 5.06. The maximum atomic E-state index is 12.7. The van der Waals surface area contributed by atoms with Gasteiger partial charge in [0, 0.05) is 22.1 Å². The summed E-state index contributed by atoms with van der Waals surface area (Å²) in [6.07, 6.45) is 2.36. The van der Waals surface area contributed by atoms with Crippen LogP contribution in [0.15, 0.2) is 48.5 Å². The second-order valence-corrected chi connectivity index (χ2v) is 8.78. The van der Waals surface area contributed by atoms with Crippen LogP contribution >= 0.6 is 23.2 Å². The van der Waals surface area contributed by atoms with E-state index in [1.807, 2.05) is 48.5 Å². The summed E-state index contributed by atoms with van der Waals surface area (Å²) < 4.78 is 11.9. The van der Waals surface area contributed by atoms with Crippen molar-refractivity contribution in [2.45, 2.75) is 43.6 Å². The number of rotatable bonds is 5. The zero-order valence-corrected chi connectivity index (χ0v) is 18.1. The summed E-state index contributed by atoms with van der Waals surface area (Å²) in [6.45, 7) is 0. The van der Waals surface area contributed by atoms with Crippen LogP contribution in [0.5, 0.6) is 0 Å². The molecule has 154 valence electrons. The van der Waals surface area contributed by atoms with E-state index in [1.165, 1.54) is 7.11 Å². The van der Waals surface area contributed by atoms with Crippen LogP contribution in [0.2, 0.25) is 10.0 Å². The molecule has 0 saturated carbocycles. The standard InChI is InChI=1S/C23H25Cl2NO3/c1-26-18-11-12-19(26)21(23(27)28-2)20(13-18)29-22(14-3-7-16(24)8-4-14)15-5-9-17(25)10-6-15/h3-10,18-22H,11-13H2,1-2H3/t18?,19?,20-,21+/m0/s1. The lowest BCUT2D eigenvalue weighted by molar-refractivity contribution is -0.162. The van der Waals surface area contributed by atoms with Crippen molar-refractivity contribution in [1.82, 2.24) is 4.90 Å². The molecule has 6 heteroatoms. The first-order valence-electron chi connectivity index (χ1n) is 9.94. The van der Waals surface area contributed by atoms with Gasteiger partial charge < -0.3 is 9.47 Å². The van der Waals surface area contributed by atoms with E-state index < -0.39 is 0 Å². The zero-order valence-electron chi connectivity index (χ0n) is 16.6. The number of benzene rings is 2. The lowest BCUT2D eigenvalue weighted by atomic mass is 9.87. The highest BCUT2D eigenvalue weighted by molar-refractivity contribution is 6.30. The van der Waals surface area contributed by atoms with Crippen LogP contribution in [-0.2, 0) is 14.3 Å². The molecule has 4 atom stereocenters. The molecule has 0 N–H and O–H groups in total. The Labute approximate surface area is 181 Å². The molecule has 0 spiro atoms. The second-order valence-electron chi connectivity index (χ2n) is 7.91. The van der Waals surface area contributed by atoms with E-state index in [1.54, 1.807) is 0 Å². The fraction of sp³-hybridized carbons (Fsp3) is 0.435. The zero-order chi connectivity index (χ0) is 20.5. The summed E-state index contributed by atoms with van der Waals surface area (Å²) in [5, 5.41) is 1.35. The first kappa shape index (κ1) is 20.7. The summed E-state index contributed by atoms with van der Waals surface area (Å²) in [5.74, 6) is -0.496. The van der Waals surface area contributed by atoms with Crippen LogP contribution in [0.4, 0.5) is 0 Å². The van der Waals surface area contributed by atoms with Gasteiger partial charge in [-0.1, -0.05) is 47.5 Å². The molecule has 2 aliphatic rings. The van der Waals surface area contributed by atoms with E-state index in [9.17, 15) is 4.79 Å². The van der Waals surface area contributed by atoms with Gasteiger partial charge in [-0.2, -0.15) is 0 Å². The topological polar surface area (TPSA) is 38.8 Å². The fourth-order valence-electron chi connectivity index (χ4n) is 4.81. The van der Waals surface area contributed by atoms with Gasteiger partial charge >= 0.3 is 5.97 Å². The molecule has 2 aromatic rings. The van der Waals surface area contributed by atoms with Crippen LogP contribution in [0.3, 0.4) is 0 Å². The summed E-state index contributed by atoms with van der Waals surface area (Å²) in [7, 11) is 3.56. The van der Waals surface area contributed by atoms with E-state index in [2.05, 4.69) is 11.9 Å². The molecule has 2 aliphatic heterocycles. The maximum Gasteiger partial charge on any atom is 0.312 e. The van der Waals surface area contributed by atoms with Crippen molar-refractivity contribution in [3.05, 3.63) is 69.7 Å². The normalized spacial score (nSPS) is 26.7. The van der Waals surface area contributed by atoms with Crippen LogP contribution in [0.25, 0.3) is 0 Å². The Kier molecular flexibility index (Phi) is 6.16. The van der Waals surface area contributed by atoms with Crippen molar-refractivity contribution in [3.8, 4) is 0 Å². The lowest BCUT2D eigenvalue weighted by Crippen LogP contribution is -2.53. The van der Waals surface area contributed by atoms with Gasteiger partial charge in [0.25, 0.3) is 0 Å². The quantitative estimate of drug-likeness (QED) is 0.613. The van der Waals surface area contributed by atoms with Gasteiger partial charge in [-0.15, -0.1) is 0 Å². The Morgan fingerprint density at radius 1 is 1.00 bits per heavy atom. The highest BCUT2D eigenvalue weighted by atomic mass is 35.5. The third kappa shape index (κ3) is 4.17. The monoisotopic (exact) mass is 433 g/mol. The highest BCUT2D eigenvalue weighted by Crippen LogP contribution is 2.42. The minimum atomic E-state index is -0.315. The predicted octanol–water partition coefficient (Wildman–Crippen LogP) is 5.12. The average molecular weight is 434 g/mol. The van der Waals surface area contributed by atoms with E-state index in [0.29, 0.717) is 16.1 Å². The minimum absolute atomic E-state index is 0.155. The second kappa shape index (κ2) is 8.65. The van der Waals surface area contributed by atoms with Gasteiger partial charge in [0.15, 0.2) is 0 Å². The highest BCUT2D eigenvalue weighted by Gasteiger charge is 2.50. The molecule has 29 heavy (non-hydrogen) atoms. The SMILES string of the molecule is COC(=O)[C@@H]1C2CCC(C[C@@H]1OC(c1ccc(Cl)cc1)c1ccc(Cl)cc1)N2C. The average Bonchev–Trinajstić information content (AvgIpc) is 2.96. The van der Waals surface area contributed by atoms with Crippen LogP contribution in [-0.4, -0.2) is 43.2 Å². The maximum absolute atomic E-state index is 12.7. The Balaban J connectivity index is 1.68. The number of carbonyl (C=O) groups is 1. The summed E-state index contributed by atoms with van der Waals surface area (Å²) in [4.78, 5) is 15.0. The molecule has 0 amide bonds. The smallest absolute Gasteiger partial charge is 0.312 e. The lowest BCUT2D eigenvalue weighted by Gasteiger charge is -2.42. The molecule has 2 saturated heterocycles. The molecular formula is C23H25Cl2NO3. The van der Waals surface area contributed by atoms with Crippen molar-refractivity contribution < 1.29 is 14.3 Å². The van der Waals surface area contributed by atoms with Crippen LogP contribution in [0, 0.1) is 5.92 Å². The Morgan fingerprint density at radius 3 is 2.07 bits per heavy atom.